The molecule has 0 aliphatic carbocycles. The van der Waals surface area contributed by atoms with E-state index in [1.54, 1.807) is 6.92 Å². The van der Waals surface area contributed by atoms with Crippen molar-refractivity contribution in [1.29, 1.82) is 0 Å². The lowest BCUT2D eigenvalue weighted by molar-refractivity contribution is -0.137. The van der Waals surface area contributed by atoms with Gasteiger partial charge in [0.1, 0.15) is 11.7 Å². The number of rotatable bonds is 3. The number of anilines is 2. The van der Waals surface area contributed by atoms with Crippen LogP contribution in [0.25, 0.3) is 0 Å². The number of nitrogens with zero attached hydrogens (tertiary/aromatic N) is 1. The summed E-state index contributed by atoms with van der Waals surface area (Å²) in [4.78, 5) is 26.3. The van der Waals surface area contributed by atoms with Gasteiger partial charge in [-0.2, -0.15) is 13.2 Å². The van der Waals surface area contributed by atoms with Crippen LogP contribution in [0, 0.1) is 18.7 Å². The van der Waals surface area contributed by atoms with Gasteiger partial charge in [0.25, 0.3) is 0 Å². The van der Waals surface area contributed by atoms with E-state index < -0.39 is 29.5 Å². The standard InChI is InChI=1S/C19H16F4N2O2/c1-11-10-14(6-7-16(11)20)25-9-8-15(18(25)27)17(26)24-13-4-2-12(3-5-13)19(21,22)23/h2-7,10,15H,8-9H2,1H3,(H,24,26)/t15-/m1/s1. The van der Waals surface area contributed by atoms with Gasteiger partial charge < -0.3 is 10.2 Å². The minimum absolute atomic E-state index is 0.178. The molecule has 0 bridgehead atoms. The van der Waals surface area contributed by atoms with Crippen LogP contribution in [0.5, 0.6) is 0 Å². The SMILES string of the molecule is Cc1cc(N2CC[C@H](C(=O)Nc3ccc(C(F)(F)F)cc3)C2=O)ccc1F. The molecule has 0 unspecified atom stereocenters. The van der Waals surface area contributed by atoms with Crippen LogP contribution in [0.1, 0.15) is 17.5 Å². The first kappa shape index (κ1) is 18.9. The quantitative estimate of drug-likeness (QED) is 0.643. The smallest absolute Gasteiger partial charge is 0.325 e. The Kier molecular flexibility index (Phi) is 4.91. The maximum atomic E-state index is 13.4. The zero-order chi connectivity index (χ0) is 19.8. The first-order valence-electron chi connectivity index (χ1n) is 8.22. The highest BCUT2D eigenvalue weighted by atomic mass is 19.4. The predicted octanol–water partition coefficient (Wildman–Crippen LogP) is 4.14. The van der Waals surface area contributed by atoms with E-state index in [1.807, 2.05) is 0 Å². The highest BCUT2D eigenvalue weighted by Gasteiger charge is 2.38. The Labute approximate surface area is 152 Å². The summed E-state index contributed by atoms with van der Waals surface area (Å²) in [6, 6.07) is 8.26. The van der Waals surface area contributed by atoms with Gasteiger partial charge in [0.2, 0.25) is 11.8 Å². The van der Waals surface area contributed by atoms with E-state index in [9.17, 15) is 27.2 Å². The van der Waals surface area contributed by atoms with Crippen LogP contribution in [0.4, 0.5) is 28.9 Å². The summed E-state index contributed by atoms with van der Waals surface area (Å²) in [6.45, 7) is 1.88. The van der Waals surface area contributed by atoms with Gasteiger partial charge in [-0.25, -0.2) is 4.39 Å². The fraction of sp³-hybridized carbons (Fsp3) is 0.263. The summed E-state index contributed by atoms with van der Waals surface area (Å²) in [5, 5.41) is 2.47. The maximum absolute atomic E-state index is 13.4. The third-order valence-electron chi connectivity index (χ3n) is 4.45. The Hall–Kier alpha value is -2.90. The molecule has 1 fully saturated rings. The van der Waals surface area contributed by atoms with Gasteiger partial charge in [0.05, 0.1) is 5.56 Å². The molecule has 1 saturated heterocycles. The van der Waals surface area contributed by atoms with Crippen molar-refractivity contribution in [1.82, 2.24) is 0 Å². The van der Waals surface area contributed by atoms with Crippen molar-refractivity contribution in [2.75, 3.05) is 16.8 Å². The fourth-order valence-corrected chi connectivity index (χ4v) is 2.95. The van der Waals surface area contributed by atoms with E-state index in [0.29, 0.717) is 17.8 Å². The second kappa shape index (κ2) is 7.02. The molecule has 1 aliphatic rings. The number of hydrogen-bond acceptors (Lipinski definition) is 2. The molecule has 142 valence electrons. The van der Waals surface area contributed by atoms with Crippen LogP contribution >= 0.6 is 0 Å². The molecule has 0 spiro atoms. The van der Waals surface area contributed by atoms with Crippen molar-refractivity contribution in [3.63, 3.8) is 0 Å². The number of carbonyl (C=O) groups is 2. The van der Waals surface area contributed by atoms with Crippen molar-refractivity contribution < 1.29 is 27.2 Å². The number of nitrogens with one attached hydrogen (secondary N) is 1. The van der Waals surface area contributed by atoms with Gasteiger partial charge in [0, 0.05) is 17.9 Å². The lowest BCUT2D eigenvalue weighted by atomic mass is 10.1. The first-order valence-corrected chi connectivity index (χ1v) is 8.22. The third kappa shape index (κ3) is 3.94. The number of aryl methyl sites for hydroxylation is 1. The van der Waals surface area contributed by atoms with E-state index in [2.05, 4.69) is 5.32 Å². The Balaban J connectivity index is 1.69. The largest absolute Gasteiger partial charge is 0.416 e. The lowest BCUT2D eigenvalue weighted by Crippen LogP contribution is -2.33. The molecular weight excluding hydrogens is 364 g/mol. The molecule has 0 radical (unpaired) electrons. The van der Waals surface area contributed by atoms with E-state index in [4.69, 9.17) is 0 Å². The Morgan fingerprint density at radius 1 is 1.15 bits per heavy atom. The number of halogens is 4. The second-order valence-corrected chi connectivity index (χ2v) is 6.33. The summed E-state index contributed by atoms with van der Waals surface area (Å²) >= 11 is 0. The molecule has 4 nitrogen and oxygen atoms in total. The third-order valence-corrected chi connectivity index (χ3v) is 4.45. The minimum atomic E-state index is -4.46. The minimum Gasteiger partial charge on any atom is -0.325 e. The van der Waals surface area contributed by atoms with Gasteiger partial charge in [-0.3, -0.25) is 9.59 Å². The molecule has 2 aromatic carbocycles. The summed E-state index contributed by atoms with van der Waals surface area (Å²) in [5.41, 5.74) is 0.244. The molecule has 1 heterocycles. The zero-order valence-corrected chi connectivity index (χ0v) is 14.3. The van der Waals surface area contributed by atoms with Crippen molar-refractivity contribution in [2.24, 2.45) is 5.92 Å². The number of hydrogen-bond donors (Lipinski definition) is 1. The van der Waals surface area contributed by atoms with Crippen molar-refractivity contribution >= 4 is 23.2 Å². The zero-order valence-electron chi connectivity index (χ0n) is 14.3. The van der Waals surface area contributed by atoms with Gasteiger partial charge >= 0.3 is 6.18 Å². The second-order valence-electron chi connectivity index (χ2n) is 6.33. The number of carbonyl (C=O) groups excluding carboxylic acids is 2. The fourth-order valence-electron chi connectivity index (χ4n) is 2.95. The highest BCUT2D eigenvalue weighted by Crippen LogP contribution is 2.31. The molecule has 0 saturated carbocycles. The van der Waals surface area contributed by atoms with E-state index in [1.165, 1.54) is 23.1 Å². The van der Waals surface area contributed by atoms with Gasteiger partial charge in [-0.15, -0.1) is 0 Å². The predicted molar refractivity (Wildman–Crippen MR) is 91.7 cm³/mol. The Morgan fingerprint density at radius 3 is 2.41 bits per heavy atom. The van der Waals surface area contributed by atoms with Crippen molar-refractivity contribution in [2.45, 2.75) is 19.5 Å². The Bertz CT molecular complexity index is 878. The summed E-state index contributed by atoms with van der Waals surface area (Å²) in [7, 11) is 0. The molecule has 27 heavy (non-hydrogen) atoms. The number of amides is 2. The maximum Gasteiger partial charge on any atom is 0.416 e. The monoisotopic (exact) mass is 380 g/mol. The van der Waals surface area contributed by atoms with Crippen molar-refractivity contribution in [3.05, 3.63) is 59.4 Å². The molecule has 1 N–H and O–H groups in total. The lowest BCUT2D eigenvalue weighted by Gasteiger charge is -2.17. The summed E-state index contributed by atoms with van der Waals surface area (Å²) < 4.78 is 51.1. The van der Waals surface area contributed by atoms with E-state index >= 15 is 0 Å². The average molecular weight is 380 g/mol. The van der Waals surface area contributed by atoms with Crippen LogP contribution in [-0.4, -0.2) is 18.4 Å². The van der Waals surface area contributed by atoms with Crippen LogP contribution in [0.3, 0.4) is 0 Å². The van der Waals surface area contributed by atoms with Crippen LogP contribution in [0.15, 0.2) is 42.5 Å². The van der Waals surface area contributed by atoms with Gasteiger partial charge in [0.15, 0.2) is 0 Å². The Morgan fingerprint density at radius 2 is 1.81 bits per heavy atom. The molecule has 8 heteroatoms. The molecule has 2 aromatic rings. The van der Waals surface area contributed by atoms with Crippen molar-refractivity contribution in [3.8, 4) is 0 Å². The molecular formula is C19H16F4N2O2. The van der Waals surface area contributed by atoms with Gasteiger partial charge in [-0.05, 0) is 61.4 Å². The number of benzene rings is 2. The average Bonchev–Trinajstić information content (AvgIpc) is 2.98. The molecule has 1 aliphatic heterocycles. The van der Waals surface area contributed by atoms with Crippen LogP contribution < -0.4 is 10.2 Å². The van der Waals surface area contributed by atoms with Gasteiger partial charge in [-0.1, -0.05) is 0 Å². The van der Waals surface area contributed by atoms with Crippen LogP contribution in [0.2, 0.25) is 0 Å². The molecule has 3 rings (SSSR count). The number of alkyl halides is 3. The molecule has 1 atom stereocenters. The summed E-state index contributed by atoms with van der Waals surface area (Å²) in [5.74, 6) is -2.34. The van der Waals surface area contributed by atoms with E-state index in [-0.39, 0.29) is 17.9 Å². The van der Waals surface area contributed by atoms with E-state index in [0.717, 1.165) is 24.3 Å². The summed E-state index contributed by atoms with van der Waals surface area (Å²) in [6.07, 6.45) is -4.19. The topological polar surface area (TPSA) is 49.4 Å². The molecule has 0 aromatic heterocycles. The normalized spacial score (nSPS) is 17.3. The molecule has 2 amide bonds. The highest BCUT2D eigenvalue weighted by molar-refractivity contribution is 6.13. The van der Waals surface area contributed by atoms with Crippen LogP contribution in [-0.2, 0) is 15.8 Å². The first-order chi connectivity index (χ1) is 12.7.